The molecule has 1 aliphatic carbocycles. The van der Waals surface area contributed by atoms with E-state index in [1.165, 1.54) is 18.5 Å². The van der Waals surface area contributed by atoms with Gasteiger partial charge in [0.15, 0.2) is 0 Å². The van der Waals surface area contributed by atoms with Gasteiger partial charge >= 0.3 is 0 Å². The average Bonchev–Trinajstić information content (AvgIpc) is 3.75. The Labute approximate surface area is 323 Å². The molecule has 2 aliphatic heterocycles. The lowest BCUT2D eigenvalue weighted by Gasteiger charge is -2.38. The molecule has 56 heavy (non-hydrogen) atoms. The van der Waals surface area contributed by atoms with Crippen LogP contribution in [0.2, 0.25) is 0 Å². The Morgan fingerprint density at radius 3 is 2.62 bits per heavy atom. The number of nitrogens with zero attached hydrogens (tertiary/aromatic N) is 7. The maximum Gasteiger partial charge on any atom is 0.257 e. The SMILES string of the molecule is Cn1nc(C2CCC(=O)NC2=O)c2cccc([C@H]3CCN(CC4CCC(n5cc6cc(NC(=O)c7cncc(C#N)c7)c(C(C)(C)O)cc6n5)CC4)C[C@@H]3F)c21. The van der Waals surface area contributed by atoms with Gasteiger partial charge in [0, 0.05) is 73.1 Å². The van der Waals surface area contributed by atoms with E-state index in [-0.39, 0.29) is 41.3 Å². The molecule has 8 rings (SSSR count). The van der Waals surface area contributed by atoms with E-state index in [1.807, 2.05) is 54.3 Å². The number of alkyl halides is 1. The summed E-state index contributed by atoms with van der Waals surface area (Å²) in [5.74, 6) is -1.35. The molecule has 3 aliphatic rings. The first-order valence-electron chi connectivity index (χ1n) is 19.4. The number of carbonyl (C=O) groups is 3. The number of imide groups is 1. The molecule has 3 atom stereocenters. The first-order valence-corrected chi connectivity index (χ1v) is 19.4. The number of anilines is 1. The van der Waals surface area contributed by atoms with Crippen LogP contribution in [0.4, 0.5) is 10.1 Å². The summed E-state index contributed by atoms with van der Waals surface area (Å²) in [4.78, 5) is 43.8. The van der Waals surface area contributed by atoms with Gasteiger partial charge in [-0.3, -0.25) is 34.0 Å². The minimum atomic E-state index is -1.26. The molecule has 1 unspecified atom stereocenters. The number of aliphatic hydroxyl groups is 1. The molecule has 3 amide bonds. The van der Waals surface area contributed by atoms with E-state index in [0.717, 1.165) is 66.1 Å². The molecule has 2 saturated heterocycles. The number of nitriles is 1. The van der Waals surface area contributed by atoms with E-state index >= 15 is 4.39 Å². The Bertz CT molecular complexity index is 2380. The Hall–Kier alpha value is -5.52. The van der Waals surface area contributed by atoms with E-state index in [2.05, 4.69) is 20.5 Å². The zero-order chi connectivity index (χ0) is 39.3. The number of aromatic nitrogens is 5. The molecule has 0 bridgehead atoms. The molecule has 3 N–H and O–H groups in total. The minimum Gasteiger partial charge on any atom is -0.386 e. The summed E-state index contributed by atoms with van der Waals surface area (Å²) in [6.07, 6.45) is 9.01. The van der Waals surface area contributed by atoms with Gasteiger partial charge in [-0.2, -0.15) is 15.5 Å². The lowest BCUT2D eigenvalue weighted by molar-refractivity contribution is -0.134. The smallest absolute Gasteiger partial charge is 0.257 e. The number of halogens is 1. The normalized spacial score (nSPS) is 23.6. The standard InChI is InChI=1S/C42H46FN9O4/c1-42(2,56)33-17-35-27(16-36(33)46-40(54)26-15-25(18-44)19-45-20-26)22-52(48-35)28-9-7-24(8-10-28)21-51-14-13-29(34(43)23-51)30-5-4-6-31-38(49-50(3)39(30)31)32-11-12-37(53)47-41(32)55/h4-6,15-17,19-20,22,24,28-29,32,34,56H,7-14,21,23H2,1-3H3,(H,46,54)(H,47,53,55)/t24?,28?,29-,32?,34+/m1/s1. The van der Waals surface area contributed by atoms with Crippen LogP contribution >= 0.6 is 0 Å². The van der Waals surface area contributed by atoms with Crippen LogP contribution in [-0.2, 0) is 22.2 Å². The molecular weight excluding hydrogens is 714 g/mol. The Morgan fingerprint density at radius 2 is 1.89 bits per heavy atom. The molecule has 13 nitrogen and oxygen atoms in total. The van der Waals surface area contributed by atoms with Crippen LogP contribution in [0.15, 0.2) is 55.0 Å². The Morgan fingerprint density at radius 1 is 1.09 bits per heavy atom. The van der Waals surface area contributed by atoms with Crippen molar-refractivity contribution in [1.29, 1.82) is 5.26 Å². The molecule has 0 radical (unpaired) electrons. The number of hydrogen-bond acceptors (Lipinski definition) is 9. The molecule has 0 spiro atoms. The first kappa shape index (κ1) is 37.4. The molecule has 1 saturated carbocycles. The van der Waals surface area contributed by atoms with E-state index < -0.39 is 23.6 Å². The summed E-state index contributed by atoms with van der Waals surface area (Å²) in [6.45, 7) is 5.34. The number of fused-ring (bicyclic) bond motifs is 2. The van der Waals surface area contributed by atoms with Gasteiger partial charge in [-0.05, 0) is 88.6 Å². The number of hydrogen-bond donors (Lipinski definition) is 3. The van der Waals surface area contributed by atoms with Crippen LogP contribution in [-0.4, -0.2) is 78.1 Å². The number of benzene rings is 2. The molecular formula is C42H46FN9O4. The van der Waals surface area contributed by atoms with Crippen LogP contribution in [0.25, 0.3) is 21.8 Å². The number of likely N-dealkylation sites (tertiary alicyclic amines) is 1. The number of pyridine rings is 1. The summed E-state index contributed by atoms with van der Waals surface area (Å²) >= 11 is 0. The van der Waals surface area contributed by atoms with E-state index in [0.29, 0.717) is 42.2 Å². The molecule has 14 heteroatoms. The largest absolute Gasteiger partial charge is 0.386 e. The quantitative estimate of drug-likeness (QED) is 0.167. The number of carbonyl (C=O) groups excluding carboxylic acids is 3. The average molecular weight is 760 g/mol. The first-order chi connectivity index (χ1) is 26.9. The lowest BCUT2D eigenvalue weighted by atomic mass is 9.83. The summed E-state index contributed by atoms with van der Waals surface area (Å²) < 4.78 is 19.9. The second kappa shape index (κ2) is 14.9. The highest BCUT2D eigenvalue weighted by atomic mass is 19.1. The maximum absolute atomic E-state index is 16.1. The second-order valence-corrected chi connectivity index (χ2v) is 16.3. The second-order valence-electron chi connectivity index (χ2n) is 16.3. The molecule has 3 fully saturated rings. The zero-order valence-corrected chi connectivity index (χ0v) is 31.8. The van der Waals surface area contributed by atoms with Gasteiger partial charge in [-0.1, -0.05) is 18.2 Å². The number of para-hydroxylation sites is 1. The van der Waals surface area contributed by atoms with Gasteiger partial charge in [0.1, 0.15) is 12.2 Å². The number of piperidine rings is 2. The van der Waals surface area contributed by atoms with Crippen molar-refractivity contribution in [1.82, 2.24) is 34.8 Å². The van der Waals surface area contributed by atoms with Crippen LogP contribution in [0.3, 0.4) is 0 Å². The van der Waals surface area contributed by atoms with Crippen molar-refractivity contribution >= 4 is 45.2 Å². The van der Waals surface area contributed by atoms with Gasteiger partial charge in [-0.25, -0.2) is 4.39 Å². The van der Waals surface area contributed by atoms with Crippen molar-refractivity contribution in [2.24, 2.45) is 13.0 Å². The highest BCUT2D eigenvalue weighted by Gasteiger charge is 2.36. The third-order valence-corrected chi connectivity index (χ3v) is 11.9. The van der Waals surface area contributed by atoms with Gasteiger partial charge in [0.2, 0.25) is 11.8 Å². The fraction of sp³-hybridized carbons (Fsp3) is 0.452. The van der Waals surface area contributed by atoms with Crippen molar-refractivity contribution in [3.05, 3.63) is 82.9 Å². The van der Waals surface area contributed by atoms with Crippen LogP contribution in [0.1, 0.15) is 109 Å². The van der Waals surface area contributed by atoms with Crippen molar-refractivity contribution in [3.8, 4) is 6.07 Å². The molecule has 5 heterocycles. The Balaban J connectivity index is 0.903. The number of nitrogens with one attached hydrogen (secondary N) is 2. The lowest BCUT2D eigenvalue weighted by Crippen LogP contribution is -2.43. The third-order valence-electron chi connectivity index (χ3n) is 11.9. The van der Waals surface area contributed by atoms with E-state index in [4.69, 9.17) is 10.2 Å². The third kappa shape index (κ3) is 7.29. The maximum atomic E-state index is 16.1. The summed E-state index contributed by atoms with van der Waals surface area (Å²) in [6, 6.07) is 13.2. The molecule has 290 valence electrons. The van der Waals surface area contributed by atoms with Gasteiger partial charge in [-0.15, -0.1) is 0 Å². The fourth-order valence-electron chi connectivity index (χ4n) is 9.05. The van der Waals surface area contributed by atoms with E-state index in [9.17, 15) is 24.8 Å². The summed E-state index contributed by atoms with van der Waals surface area (Å²) in [5, 5.41) is 36.9. The zero-order valence-electron chi connectivity index (χ0n) is 31.8. The van der Waals surface area contributed by atoms with Gasteiger partial charge in [0.05, 0.1) is 45.4 Å². The summed E-state index contributed by atoms with van der Waals surface area (Å²) in [7, 11) is 1.84. The number of amides is 3. The van der Waals surface area contributed by atoms with E-state index in [1.54, 1.807) is 18.5 Å². The van der Waals surface area contributed by atoms with Gasteiger partial charge < -0.3 is 15.3 Å². The van der Waals surface area contributed by atoms with Crippen molar-refractivity contribution < 1.29 is 23.9 Å². The highest BCUT2D eigenvalue weighted by molar-refractivity contribution is 6.06. The summed E-state index contributed by atoms with van der Waals surface area (Å²) in [5.41, 5.74) is 3.40. The van der Waals surface area contributed by atoms with Crippen LogP contribution < -0.4 is 10.6 Å². The predicted molar refractivity (Wildman–Crippen MR) is 207 cm³/mol. The van der Waals surface area contributed by atoms with Crippen LogP contribution in [0, 0.1) is 17.2 Å². The highest BCUT2D eigenvalue weighted by Crippen LogP contribution is 2.40. The van der Waals surface area contributed by atoms with Crippen LogP contribution in [0.5, 0.6) is 0 Å². The topological polar surface area (TPSA) is 171 Å². The minimum absolute atomic E-state index is 0.200. The number of aryl methyl sites for hydroxylation is 1. The number of rotatable bonds is 8. The molecule has 3 aromatic heterocycles. The van der Waals surface area contributed by atoms with Gasteiger partial charge in [0.25, 0.3) is 5.91 Å². The van der Waals surface area contributed by atoms with Crippen molar-refractivity contribution in [2.45, 2.75) is 88.4 Å². The molecule has 2 aromatic carbocycles. The predicted octanol–water partition coefficient (Wildman–Crippen LogP) is 5.75. The van der Waals surface area contributed by atoms with Crippen molar-refractivity contribution in [2.75, 3.05) is 25.0 Å². The monoisotopic (exact) mass is 759 g/mol. The molecule has 5 aromatic rings. The van der Waals surface area contributed by atoms with Crippen molar-refractivity contribution in [3.63, 3.8) is 0 Å². The Kier molecular flexibility index (Phi) is 9.92. The fourth-order valence-corrected chi connectivity index (χ4v) is 9.05.